The fraction of sp³-hybridized carbons (Fsp3) is 0.739. The van der Waals surface area contributed by atoms with Gasteiger partial charge in [-0.1, -0.05) is 132 Å². The van der Waals surface area contributed by atoms with Gasteiger partial charge >= 0.3 is 27.6 Å². The molecule has 0 spiro atoms. The van der Waals surface area contributed by atoms with Crippen molar-refractivity contribution in [2.45, 2.75) is 192 Å². The van der Waals surface area contributed by atoms with Gasteiger partial charge in [-0.2, -0.15) is 0 Å². The van der Waals surface area contributed by atoms with Crippen molar-refractivity contribution in [3.63, 3.8) is 0 Å². The molecule has 358 valence electrons. The summed E-state index contributed by atoms with van der Waals surface area (Å²) in [5.74, 6) is -1.12. The summed E-state index contributed by atoms with van der Waals surface area (Å²) in [4.78, 5) is 52.8. The lowest BCUT2D eigenvalue weighted by atomic mass is 10.1. The van der Waals surface area contributed by atoms with Gasteiger partial charge in [-0.25, -0.2) is 9.13 Å². The highest BCUT2D eigenvalue weighted by molar-refractivity contribution is 7.47. The Morgan fingerprint density at radius 2 is 1.00 bits per heavy atom. The van der Waals surface area contributed by atoms with Crippen LogP contribution in [-0.2, 0) is 46.5 Å². The minimum Gasteiger partial charge on any atom is -0.462 e. The number of carbonyl (C=O) groups is 2. The third-order valence-corrected chi connectivity index (χ3v) is 11.2. The predicted molar refractivity (Wildman–Crippen MR) is 243 cm³/mol. The number of unbranched alkanes of at least 4 members (excludes halogenated alkanes) is 14. The van der Waals surface area contributed by atoms with Gasteiger partial charge in [-0.3, -0.25) is 23.2 Å². The number of ether oxygens (including phenoxy) is 3. The maximum atomic E-state index is 12.7. The molecule has 0 radical (unpaired) electrons. The van der Waals surface area contributed by atoms with Crippen molar-refractivity contribution in [2.75, 3.05) is 26.4 Å². The molecule has 3 unspecified atom stereocenters. The highest BCUT2D eigenvalue weighted by Gasteiger charge is 2.36. The third-order valence-electron chi connectivity index (χ3n) is 9.77. The standard InChI is InChI=1S/C46H80O14P2/c1-3-5-7-9-11-13-14-15-16-17-18-19-20-22-24-26-32-36-46(49)59-42(40-58-62(53,54)57-38-41(47)37-56-61(50,51)52)39-55-45(48)35-31-28-27-30-34-44-43(60-44)33-29-25-23-21-12-10-8-6-4-2/h11-13,15-16,21,25,27,29-30,41-44,47H,3-10,14,17-20,22-24,26,28,31-40H2,1-2H3,(H,53,54)(H2,50,51,52)/b13-11-,16-15-,21-12-,29-25-,30-27-/t41-,42+,43?,44?/m0/s1. The molecular weight excluding hydrogens is 838 g/mol. The zero-order valence-electron chi connectivity index (χ0n) is 37.6. The van der Waals surface area contributed by atoms with Crippen molar-refractivity contribution >= 4 is 27.6 Å². The number of esters is 2. The molecule has 14 nitrogen and oxygen atoms in total. The van der Waals surface area contributed by atoms with E-state index in [4.69, 9.17) is 28.5 Å². The van der Waals surface area contributed by atoms with Gasteiger partial charge in [0.15, 0.2) is 6.10 Å². The first-order chi connectivity index (χ1) is 29.8. The van der Waals surface area contributed by atoms with Gasteiger partial charge in [-0.05, 0) is 83.5 Å². The summed E-state index contributed by atoms with van der Waals surface area (Å²) in [6.07, 6.45) is 42.3. The molecule has 5 atom stereocenters. The van der Waals surface area contributed by atoms with Gasteiger partial charge in [0.25, 0.3) is 0 Å². The molecule has 1 rings (SSSR count). The molecule has 1 aliphatic heterocycles. The van der Waals surface area contributed by atoms with E-state index in [9.17, 15) is 28.7 Å². The minimum atomic E-state index is -4.87. The minimum absolute atomic E-state index is 0.105. The molecule has 16 heteroatoms. The van der Waals surface area contributed by atoms with Crippen molar-refractivity contribution in [2.24, 2.45) is 0 Å². The van der Waals surface area contributed by atoms with Crippen LogP contribution in [0.25, 0.3) is 0 Å². The van der Waals surface area contributed by atoms with Crippen LogP contribution in [-0.4, -0.2) is 82.6 Å². The molecule has 1 fully saturated rings. The number of carbonyl (C=O) groups excluding carboxylic acids is 2. The van der Waals surface area contributed by atoms with Gasteiger partial charge in [0, 0.05) is 12.8 Å². The van der Waals surface area contributed by atoms with Crippen LogP contribution in [0.1, 0.15) is 168 Å². The van der Waals surface area contributed by atoms with E-state index in [2.05, 4.69) is 77.6 Å². The first kappa shape index (κ1) is 57.8. The number of rotatable bonds is 42. The molecule has 0 aromatic carbocycles. The summed E-state index contributed by atoms with van der Waals surface area (Å²) < 4.78 is 53.6. The quantitative estimate of drug-likeness (QED) is 0.0148. The van der Waals surface area contributed by atoms with Gasteiger partial charge in [0.1, 0.15) is 12.7 Å². The molecule has 4 N–H and O–H groups in total. The molecule has 1 saturated heterocycles. The van der Waals surface area contributed by atoms with Crippen molar-refractivity contribution in [3.8, 4) is 0 Å². The molecule has 1 heterocycles. The predicted octanol–water partition coefficient (Wildman–Crippen LogP) is 11.0. The van der Waals surface area contributed by atoms with Crippen molar-refractivity contribution < 1.29 is 66.3 Å². The molecule has 0 saturated carbocycles. The van der Waals surface area contributed by atoms with Crippen molar-refractivity contribution in [1.29, 1.82) is 0 Å². The summed E-state index contributed by atoms with van der Waals surface area (Å²) in [6.45, 7) is 1.62. The number of epoxide rings is 1. The van der Waals surface area contributed by atoms with E-state index < -0.39 is 66.2 Å². The molecule has 0 aromatic heterocycles. The van der Waals surface area contributed by atoms with Gasteiger partial charge < -0.3 is 34.0 Å². The van der Waals surface area contributed by atoms with E-state index in [1.165, 1.54) is 38.5 Å². The Morgan fingerprint density at radius 1 is 0.548 bits per heavy atom. The van der Waals surface area contributed by atoms with Crippen LogP contribution in [0.2, 0.25) is 0 Å². The van der Waals surface area contributed by atoms with Crippen molar-refractivity contribution in [3.05, 3.63) is 60.8 Å². The number of phosphoric acid groups is 2. The second kappa shape index (κ2) is 38.1. The van der Waals surface area contributed by atoms with Gasteiger partial charge in [0.05, 0.1) is 32.0 Å². The molecule has 62 heavy (non-hydrogen) atoms. The van der Waals surface area contributed by atoms with Crippen LogP contribution in [0.3, 0.4) is 0 Å². The fourth-order valence-corrected chi connectivity index (χ4v) is 7.27. The highest BCUT2D eigenvalue weighted by atomic mass is 31.2. The molecule has 1 aliphatic rings. The fourth-order valence-electron chi connectivity index (χ4n) is 6.12. The monoisotopic (exact) mass is 919 g/mol. The number of hydrogen-bond donors (Lipinski definition) is 4. The van der Waals surface area contributed by atoms with Crippen LogP contribution in [0, 0.1) is 0 Å². The topological polar surface area (TPSA) is 208 Å². The van der Waals surface area contributed by atoms with Crippen LogP contribution < -0.4 is 0 Å². The largest absolute Gasteiger partial charge is 0.472 e. The summed E-state index contributed by atoms with van der Waals surface area (Å²) in [7, 11) is -9.71. The number of hydrogen-bond acceptors (Lipinski definition) is 11. The number of allylic oxidation sites excluding steroid dienone is 8. The Bertz CT molecular complexity index is 1390. The smallest absolute Gasteiger partial charge is 0.462 e. The van der Waals surface area contributed by atoms with Gasteiger partial charge in [0.2, 0.25) is 0 Å². The van der Waals surface area contributed by atoms with E-state index in [-0.39, 0.29) is 25.0 Å². The average Bonchev–Trinajstić information content (AvgIpc) is 3.99. The number of aliphatic hydroxyl groups is 1. The Kier molecular flexibility index (Phi) is 35.5. The Hall–Kier alpha value is -2.22. The highest BCUT2D eigenvalue weighted by Crippen LogP contribution is 2.44. The van der Waals surface area contributed by atoms with Crippen molar-refractivity contribution in [1.82, 2.24) is 0 Å². The van der Waals surface area contributed by atoms with E-state index >= 15 is 0 Å². The maximum absolute atomic E-state index is 12.7. The lowest BCUT2D eigenvalue weighted by Gasteiger charge is -2.20. The van der Waals surface area contributed by atoms with Crippen LogP contribution in [0.4, 0.5) is 0 Å². The first-order valence-corrected chi connectivity index (χ1v) is 26.1. The lowest BCUT2D eigenvalue weighted by molar-refractivity contribution is -0.161. The summed E-state index contributed by atoms with van der Waals surface area (Å²) in [5, 5.41) is 9.76. The summed E-state index contributed by atoms with van der Waals surface area (Å²) >= 11 is 0. The number of phosphoric ester groups is 2. The Balaban J connectivity index is 2.39. The normalized spacial score (nSPS) is 17.8. The SMILES string of the molecule is CCCCC/C=C\C/C=C\CCCCCCCCCC(=O)O[C@H](COC(=O)CCC/C=C\CC1OC1C/C=C\C/C=C\CCCCC)COP(=O)(O)OC[C@@H](O)COP(=O)(O)O. The second-order valence-corrected chi connectivity index (χ2v) is 18.4. The number of aliphatic hydroxyl groups excluding tert-OH is 1. The van der Waals surface area contributed by atoms with E-state index in [0.29, 0.717) is 19.3 Å². The molecule has 0 amide bonds. The van der Waals surface area contributed by atoms with Crippen LogP contribution in [0.5, 0.6) is 0 Å². The van der Waals surface area contributed by atoms with E-state index in [1.807, 2.05) is 6.08 Å². The summed E-state index contributed by atoms with van der Waals surface area (Å²) in [5.41, 5.74) is 0. The lowest BCUT2D eigenvalue weighted by Crippen LogP contribution is -2.30. The van der Waals surface area contributed by atoms with E-state index in [1.54, 1.807) is 0 Å². The van der Waals surface area contributed by atoms with Gasteiger partial charge in [-0.15, -0.1) is 0 Å². The van der Waals surface area contributed by atoms with Crippen LogP contribution in [0.15, 0.2) is 60.8 Å². The zero-order chi connectivity index (χ0) is 45.6. The molecule has 0 bridgehead atoms. The Labute approximate surface area is 372 Å². The molecule has 0 aromatic rings. The zero-order valence-corrected chi connectivity index (χ0v) is 39.4. The molecular formula is C46H80O14P2. The molecule has 0 aliphatic carbocycles. The maximum Gasteiger partial charge on any atom is 0.472 e. The van der Waals surface area contributed by atoms with Crippen LogP contribution >= 0.6 is 15.6 Å². The van der Waals surface area contributed by atoms with E-state index in [0.717, 1.165) is 83.5 Å². The summed E-state index contributed by atoms with van der Waals surface area (Å²) in [6, 6.07) is 0. The first-order valence-electron chi connectivity index (χ1n) is 23.1. The Morgan fingerprint density at radius 3 is 1.58 bits per heavy atom. The second-order valence-electron chi connectivity index (χ2n) is 15.7. The average molecular weight is 919 g/mol. The third kappa shape index (κ3) is 38.3.